The van der Waals surface area contributed by atoms with Gasteiger partial charge in [-0.25, -0.2) is 0 Å². The highest BCUT2D eigenvalue weighted by Gasteiger charge is 2.21. The summed E-state index contributed by atoms with van der Waals surface area (Å²) in [5.41, 5.74) is 0. The topological polar surface area (TPSA) is 111 Å². The minimum Gasteiger partial charge on any atom is -0.756 e. The Hall–Kier alpha value is -2.81. The lowest BCUT2D eigenvalue weighted by Crippen LogP contribution is -2.37. The summed E-state index contributed by atoms with van der Waals surface area (Å²) in [5, 5.41) is 0. The lowest BCUT2D eigenvalue weighted by atomic mass is 10.1. The van der Waals surface area contributed by atoms with Gasteiger partial charge in [0.15, 0.2) is 6.10 Å². The van der Waals surface area contributed by atoms with Crippen LogP contribution in [0.3, 0.4) is 0 Å². The molecule has 0 aliphatic heterocycles. The molecule has 0 aliphatic rings. The molecule has 0 N–H and O–H groups in total. The van der Waals surface area contributed by atoms with Crippen LogP contribution in [-0.4, -0.2) is 70.0 Å². The van der Waals surface area contributed by atoms with E-state index in [-0.39, 0.29) is 26.1 Å². The van der Waals surface area contributed by atoms with Gasteiger partial charge in [0, 0.05) is 12.8 Å². The van der Waals surface area contributed by atoms with Crippen molar-refractivity contribution in [2.75, 3.05) is 47.5 Å². The second kappa shape index (κ2) is 44.4. The Morgan fingerprint density at radius 1 is 0.508 bits per heavy atom. The van der Waals surface area contributed by atoms with Crippen LogP contribution in [0.4, 0.5) is 0 Å². The number of phosphoric ester groups is 1. The van der Waals surface area contributed by atoms with E-state index in [0.717, 1.165) is 103 Å². The summed E-state index contributed by atoms with van der Waals surface area (Å²) in [6.07, 6.45) is 57.6. The minimum atomic E-state index is -4.64. The molecule has 0 heterocycles. The monoisotopic (exact) mass is 902 g/mol. The highest BCUT2D eigenvalue weighted by molar-refractivity contribution is 7.45. The van der Waals surface area contributed by atoms with Gasteiger partial charge < -0.3 is 27.9 Å². The number of esters is 2. The number of quaternary nitrogens is 1. The first-order valence-corrected chi connectivity index (χ1v) is 26.3. The van der Waals surface area contributed by atoms with E-state index in [1.54, 1.807) is 0 Å². The van der Waals surface area contributed by atoms with Crippen LogP contribution in [0.25, 0.3) is 0 Å². The fraction of sp³-hybridized carbons (Fsp3) is 0.698. The molecule has 362 valence electrons. The normalized spacial score (nSPS) is 14.2. The molecule has 0 fully saturated rings. The largest absolute Gasteiger partial charge is 0.756 e. The van der Waals surface area contributed by atoms with Gasteiger partial charge in [0.05, 0.1) is 27.7 Å². The van der Waals surface area contributed by atoms with E-state index >= 15 is 0 Å². The van der Waals surface area contributed by atoms with Gasteiger partial charge in [0.2, 0.25) is 0 Å². The molecule has 63 heavy (non-hydrogen) atoms. The number of allylic oxidation sites excluding steroid dienone is 14. The van der Waals surface area contributed by atoms with Crippen LogP contribution in [0.1, 0.15) is 187 Å². The molecule has 2 unspecified atom stereocenters. The van der Waals surface area contributed by atoms with E-state index in [1.807, 2.05) is 21.1 Å². The molecule has 0 aromatic heterocycles. The molecule has 0 saturated heterocycles. The summed E-state index contributed by atoms with van der Waals surface area (Å²) in [4.78, 5) is 37.6. The minimum absolute atomic E-state index is 0.0379. The maximum absolute atomic E-state index is 12.7. The van der Waals surface area contributed by atoms with Crippen LogP contribution in [0, 0.1) is 0 Å². The molecule has 0 spiro atoms. The van der Waals surface area contributed by atoms with E-state index in [2.05, 4.69) is 98.9 Å². The first-order chi connectivity index (χ1) is 30.5. The number of hydrogen-bond donors (Lipinski definition) is 0. The van der Waals surface area contributed by atoms with Gasteiger partial charge in [-0.15, -0.1) is 0 Å². The molecule has 2 atom stereocenters. The van der Waals surface area contributed by atoms with E-state index in [4.69, 9.17) is 18.5 Å². The number of carbonyl (C=O) groups excluding carboxylic acids is 2. The molecule has 0 aromatic carbocycles. The Morgan fingerprint density at radius 3 is 1.37 bits per heavy atom. The quantitative estimate of drug-likeness (QED) is 0.0195. The number of phosphoric acid groups is 1. The number of unbranched alkanes of at least 4 members (excludes halogenated alkanes) is 16. The van der Waals surface area contributed by atoms with Crippen LogP contribution < -0.4 is 4.89 Å². The number of likely N-dealkylation sites (N-methyl/N-ethyl adjacent to an activating group) is 1. The van der Waals surface area contributed by atoms with Gasteiger partial charge in [-0.2, -0.15) is 0 Å². The average molecular weight is 902 g/mol. The summed E-state index contributed by atoms with van der Waals surface area (Å²) >= 11 is 0. The number of rotatable bonds is 44. The van der Waals surface area contributed by atoms with Gasteiger partial charge >= 0.3 is 11.9 Å². The SMILES string of the molecule is CC/C=C\C/C=C\C/C=C\C/C=C\C/C=C\C/C=C\CCCCCCCCCCC(=O)OC(COC(=O)CCCCCCC/C=C\CCCCC)COP(=O)([O-])OCC[N+](C)(C)C. The van der Waals surface area contributed by atoms with Crippen molar-refractivity contribution in [2.24, 2.45) is 0 Å². The summed E-state index contributed by atoms with van der Waals surface area (Å²) in [6.45, 7) is 4.06. The summed E-state index contributed by atoms with van der Waals surface area (Å²) in [5.74, 6) is -0.860. The van der Waals surface area contributed by atoms with Crippen molar-refractivity contribution < 1.29 is 42.1 Å². The fourth-order valence-electron chi connectivity index (χ4n) is 6.30. The average Bonchev–Trinajstić information content (AvgIpc) is 3.24. The Balaban J connectivity index is 4.25. The smallest absolute Gasteiger partial charge is 0.306 e. The van der Waals surface area contributed by atoms with Gasteiger partial charge in [0.1, 0.15) is 19.8 Å². The molecule has 0 radical (unpaired) electrons. The lowest BCUT2D eigenvalue weighted by Gasteiger charge is -2.28. The fourth-order valence-corrected chi connectivity index (χ4v) is 7.03. The Morgan fingerprint density at radius 2 is 0.905 bits per heavy atom. The van der Waals surface area contributed by atoms with Gasteiger partial charge in [-0.3, -0.25) is 14.2 Å². The maximum atomic E-state index is 12.7. The zero-order chi connectivity index (χ0) is 46.4. The molecule has 0 bridgehead atoms. The number of nitrogens with zero attached hydrogens (tertiary/aromatic N) is 1. The summed E-state index contributed by atoms with van der Waals surface area (Å²) < 4.78 is 33.9. The van der Waals surface area contributed by atoms with Crippen LogP contribution in [0.5, 0.6) is 0 Å². The van der Waals surface area contributed by atoms with Crippen LogP contribution in [0.2, 0.25) is 0 Å². The molecular weight excluding hydrogens is 810 g/mol. The molecule has 9 nitrogen and oxygen atoms in total. The van der Waals surface area contributed by atoms with Crippen LogP contribution in [0.15, 0.2) is 85.1 Å². The van der Waals surface area contributed by atoms with Crippen molar-refractivity contribution in [2.45, 2.75) is 193 Å². The Bertz CT molecular complexity index is 1340. The van der Waals surface area contributed by atoms with Crippen molar-refractivity contribution in [3.05, 3.63) is 85.1 Å². The number of hydrogen-bond acceptors (Lipinski definition) is 8. The first kappa shape index (κ1) is 60.2. The van der Waals surface area contributed by atoms with E-state index < -0.39 is 32.5 Å². The van der Waals surface area contributed by atoms with Crippen molar-refractivity contribution in [3.63, 3.8) is 0 Å². The number of ether oxygens (including phenoxy) is 2. The van der Waals surface area contributed by atoms with E-state index in [9.17, 15) is 19.0 Å². The number of carbonyl (C=O) groups is 2. The van der Waals surface area contributed by atoms with Crippen molar-refractivity contribution in [3.8, 4) is 0 Å². The third-order valence-electron chi connectivity index (χ3n) is 10.1. The van der Waals surface area contributed by atoms with E-state index in [1.165, 1.54) is 44.9 Å². The molecular formula is C53H92NO8P. The van der Waals surface area contributed by atoms with Crippen LogP contribution >= 0.6 is 7.82 Å². The Labute approximate surface area is 386 Å². The third-order valence-corrected chi connectivity index (χ3v) is 11.1. The van der Waals surface area contributed by atoms with Crippen molar-refractivity contribution in [1.29, 1.82) is 0 Å². The molecule has 10 heteroatoms. The highest BCUT2D eigenvalue weighted by Crippen LogP contribution is 2.38. The predicted molar refractivity (Wildman–Crippen MR) is 263 cm³/mol. The zero-order valence-corrected chi connectivity index (χ0v) is 41.6. The molecule has 0 saturated carbocycles. The second-order valence-electron chi connectivity index (χ2n) is 17.4. The third kappa shape index (κ3) is 48.5. The maximum Gasteiger partial charge on any atom is 0.306 e. The second-order valence-corrected chi connectivity index (χ2v) is 18.9. The highest BCUT2D eigenvalue weighted by atomic mass is 31.2. The van der Waals surface area contributed by atoms with Crippen LogP contribution in [-0.2, 0) is 32.7 Å². The lowest BCUT2D eigenvalue weighted by molar-refractivity contribution is -0.870. The van der Waals surface area contributed by atoms with Gasteiger partial charge in [-0.1, -0.05) is 170 Å². The standard InChI is InChI=1S/C53H92NO8P/c1-6-8-10-12-14-16-18-20-21-22-23-24-25-26-27-28-29-30-31-32-33-34-36-38-40-42-44-46-53(56)62-51(50-61-63(57,58)60-48-47-54(3,4)5)49-59-52(55)45-43-41-39-37-35-19-17-15-13-11-9-7-2/h8,10,14-17,20-21,23-24,26-27,29-30,51H,6-7,9,11-13,18-19,22,25,28,31-50H2,1-5H3/b10-8-,16-14-,17-15-,21-20-,24-23-,27-26-,30-29-. The van der Waals surface area contributed by atoms with E-state index in [0.29, 0.717) is 23.9 Å². The molecule has 0 rings (SSSR count). The molecule has 0 amide bonds. The Kier molecular flexibility index (Phi) is 42.4. The predicted octanol–water partition coefficient (Wildman–Crippen LogP) is 14.1. The molecule has 0 aliphatic carbocycles. The zero-order valence-electron chi connectivity index (χ0n) is 40.7. The van der Waals surface area contributed by atoms with Gasteiger partial charge in [-0.05, 0) is 89.9 Å². The molecule has 0 aromatic rings. The summed E-state index contributed by atoms with van der Waals surface area (Å²) in [6, 6.07) is 0. The first-order valence-electron chi connectivity index (χ1n) is 24.8. The summed E-state index contributed by atoms with van der Waals surface area (Å²) in [7, 11) is 1.14. The van der Waals surface area contributed by atoms with Crippen molar-refractivity contribution >= 4 is 19.8 Å². The van der Waals surface area contributed by atoms with Gasteiger partial charge in [0.25, 0.3) is 7.82 Å². The van der Waals surface area contributed by atoms with Crippen molar-refractivity contribution in [1.82, 2.24) is 0 Å².